The first-order chi connectivity index (χ1) is 17.0. The first-order valence-corrected chi connectivity index (χ1v) is 11.8. The van der Waals surface area contributed by atoms with Gasteiger partial charge < -0.3 is 15.1 Å². The van der Waals surface area contributed by atoms with Gasteiger partial charge in [-0.1, -0.05) is 13.8 Å². The van der Waals surface area contributed by atoms with Crippen LogP contribution in [-0.2, 0) is 19.0 Å². The Morgan fingerprint density at radius 3 is 2.39 bits per heavy atom. The summed E-state index contributed by atoms with van der Waals surface area (Å²) in [5.74, 6) is 1.22. The molecule has 2 aromatic heterocycles. The molecule has 0 spiro atoms. The summed E-state index contributed by atoms with van der Waals surface area (Å²) in [6.45, 7) is 4.71. The second kappa shape index (κ2) is 10.1. The molecule has 0 aliphatic carbocycles. The SMILES string of the molecule is CC(C)c1nc2c(c(Nc3ccc(C(=O)N(C)C)cc3)n1)CCN(c1ncccc1C(F)(F)F)CC2. The molecule has 3 aromatic rings. The Hall–Kier alpha value is -3.69. The molecule has 1 aliphatic heterocycles. The number of halogens is 3. The molecular formula is C26H29F3N6O. The number of nitrogens with one attached hydrogen (secondary N) is 1. The van der Waals surface area contributed by atoms with Crippen molar-refractivity contribution in [2.24, 2.45) is 0 Å². The number of carbonyl (C=O) groups is 1. The summed E-state index contributed by atoms with van der Waals surface area (Å²) in [7, 11) is 3.40. The van der Waals surface area contributed by atoms with Crippen LogP contribution in [0.25, 0.3) is 0 Å². The summed E-state index contributed by atoms with van der Waals surface area (Å²) in [4.78, 5) is 29.0. The Bertz CT molecular complexity index is 1240. The molecular weight excluding hydrogens is 469 g/mol. The van der Waals surface area contributed by atoms with E-state index in [0.717, 1.165) is 23.0 Å². The van der Waals surface area contributed by atoms with Crippen molar-refractivity contribution in [2.45, 2.75) is 38.8 Å². The fraction of sp³-hybridized carbons (Fsp3) is 0.385. The number of fused-ring (bicyclic) bond motifs is 1. The van der Waals surface area contributed by atoms with Crippen molar-refractivity contribution in [3.05, 3.63) is 70.8 Å². The highest BCUT2D eigenvalue weighted by molar-refractivity contribution is 5.94. The van der Waals surface area contributed by atoms with Gasteiger partial charge in [-0.05, 0) is 42.8 Å². The van der Waals surface area contributed by atoms with Crippen molar-refractivity contribution in [1.82, 2.24) is 19.9 Å². The third kappa shape index (κ3) is 5.42. The van der Waals surface area contributed by atoms with Crippen molar-refractivity contribution in [1.29, 1.82) is 0 Å². The molecule has 10 heteroatoms. The highest BCUT2D eigenvalue weighted by atomic mass is 19.4. The fourth-order valence-corrected chi connectivity index (χ4v) is 4.15. The number of hydrogen-bond donors (Lipinski definition) is 1. The lowest BCUT2D eigenvalue weighted by Crippen LogP contribution is -2.29. The molecule has 0 fully saturated rings. The van der Waals surface area contributed by atoms with Crippen molar-refractivity contribution in [3.63, 3.8) is 0 Å². The van der Waals surface area contributed by atoms with E-state index in [9.17, 15) is 18.0 Å². The lowest BCUT2D eigenvalue weighted by Gasteiger charge is -2.24. The standard InChI is InChI=1S/C26H29F3N6O/c1-16(2)22-32-21-12-15-35(24-20(26(27,28)29)6-5-13-30-24)14-11-19(21)23(33-22)31-18-9-7-17(8-10-18)25(36)34(3)4/h5-10,13,16H,11-12,14-15H2,1-4H3,(H,31,32,33). The molecule has 3 heterocycles. The van der Waals surface area contributed by atoms with Crippen LogP contribution < -0.4 is 10.2 Å². The molecule has 1 amide bonds. The molecule has 0 unspecified atom stereocenters. The zero-order chi connectivity index (χ0) is 26.0. The van der Waals surface area contributed by atoms with Gasteiger partial charge in [-0.2, -0.15) is 13.2 Å². The van der Waals surface area contributed by atoms with Gasteiger partial charge in [-0.25, -0.2) is 15.0 Å². The Kier molecular flexibility index (Phi) is 7.14. The van der Waals surface area contributed by atoms with Gasteiger partial charge in [-0.15, -0.1) is 0 Å². The van der Waals surface area contributed by atoms with Crippen LogP contribution in [0, 0.1) is 0 Å². The first kappa shape index (κ1) is 25.4. The molecule has 0 radical (unpaired) electrons. The molecule has 1 N–H and O–H groups in total. The number of anilines is 3. The summed E-state index contributed by atoms with van der Waals surface area (Å²) in [5, 5.41) is 3.35. The van der Waals surface area contributed by atoms with Crippen LogP contribution in [0.4, 0.5) is 30.5 Å². The Balaban J connectivity index is 1.64. The van der Waals surface area contributed by atoms with E-state index < -0.39 is 11.7 Å². The van der Waals surface area contributed by atoms with Crippen molar-refractivity contribution < 1.29 is 18.0 Å². The van der Waals surface area contributed by atoms with E-state index in [1.807, 2.05) is 26.0 Å². The lowest BCUT2D eigenvalue weighted by atomic mass is 10.1. The second-order valence-electron chi connectivity index (χ2n) is 9.27. The fourth-order valence-electron chi connectivity index (χ4n) is 4.15. The monoisotopic (exact) mass is 498 g/mol. The third-order valence-electron chi connectivity index (χ3n) is 6.07. The van der Waals surface area contributed by atoms with Crippen LogP contribution in [0.1, 0.15) is 52.8 Å². The van der Waals surface area contributed by atoms with E-state index >= 15 is 0 Å². The molecule has 0 saturated carbocycles. The molecule has 0 atom stereocenters. The molecule has 1 aromatic carbocycles. The number of benzene rings is 1. The number of nitrogens with zero attached hydrogens (tertiary/aromatic N) is 5. The highest BCUT2D eigenvalue weighted by Gasteiger charge is 2.36. The summed E-state index contributed by atoms with van der Waals surface area (Å²) < 4.78 is 40.8. The zero-order valence-electron chi connectivity index (χ0n) is 20.7. The predicted molar refractivity (Wildman–Crippen MR) is 133 cm³/mol. The maximum Gasteiger partial charge on any atom is 0.419 e. The number of carbonyl (C=O) groups excluding carboxylic acids is 1. The molecule has 190 valence electrons. The van der Waals surface area contributed by atoms with Crippen LogP contribution in [0.15, 0.2) is 42.6 Å². The van der Waals surface area contributed by atoms with E-state index in [-0.39, 0.29) is 17.6 Å². The number of alkyl halides is 3. The molecule has 0 bridgehead atoms. The maximum absolute atomic E-state index is 13.6. The average molecular weight is 499 g/mol. The number of aromatic nitrogens is 3. The number of pyridine rings is 1. The minimum atomic E-state index is -4.49. The lowest BCUT2D eigenvalue weighted by molar-refractivity contribution is -0.137. The Morgan fingerprint density at radius 1 is 1.06 bits per heavy atom. The summed E-state index contributed by atoms with van der Waals surface area (Å²) in [6, 6.07) is 9.48. The Morgan fingerprint density at radius 2 is 1.75 bits per heavy atom. The van der Waals surface area contributed by atoms with E-state index in [4.69, 9.17) is 9.97 Å². The minimum absolute atomic E-state index is 0.0643. The van der Waals surface area contributed by atoms with E-state index in [1.54, 1.807) is 31.1 Å². The molecule has 0 saturated heterocycles. The van der Waals surface area contributed by atoms with Crippen LogP contribution in [-0.4, -0.2) is 52.9 Å². The van der Waals surface area contributed by atoms with E-state index in [1.165, 1.54) is 17.2 Å². The molecule has 4 rings (SSSR count). The van der Waals surface area contributed by atoms with E-state index in [0.29, 0.717) is 43.1 Å². The normalized spacial score (nSPS) is 13.8. The summed E-state index contributed by atoms with van der Waals surface area (Å²) in [5.41, 5.74) is 2.28. The summed E-state index contributed by atoms with van der Waals surface area (Å²) in [6.07, 6.45) is -2.17. The van der Waals surface area contributed by atoms with Crippen LogP contribution in [0.2, 0.25) is 0 Å². The zero-order valence-corrected chi connectivity index (χ0v) is 20.7. The minimum Gasteiger partial charge on any atom is -0.355 e. The molecule has 7 nitrogen and oxygen atoms in total. The topological polar surface area (TPSA) is 74.2 Å². The van der Waals surface area contributed by atoms with Crippen LogP contribution in [0.3, 0.4) is 0 Å². The van der Waals surface area contributed by atoms with Crippen molar-refractivity contribution in [3.8, 4) is 0 Å². The van der Waals surface area contributed by atoms with Crippen molar-refractivity contribution in [2.75, 3.05) is 37.4 Å². The number of hydrogen-bond acceptors (Lipinski definition) is 6. The number of amides is 1. The molecule has 36 heavy (non-hydrogen) atoms. The van der Waals surface area contributed by atoms with Gasteiger partial charge in [0.25, 0.3) is 5.91 Å². The van der Waals surface area contributed by atoms with Gasteiger partial charge >= 0.3 is 6.18 Å². The van der Waals surface area contributed by atoms with Gasteiger partial charge in [0.05, 0.1) is 11.3 Å². The smallest absolute Gasteiger partial charge is 0.355 e. The first-order valence-electron chi connectivity index (χ1n) is 11.8. The predicted octanol–water partition coefficient (Wildman–Crippen LogP) is 5.06. The largest absolute Gasteiger partial charge is 0.419 e. The maximum atomic E-state index is 13.6. The summed E-state index contributed by atoms with van der Waals surface area (Å²) >= 11 is 0. The van der Waals surface area contributed by atoms with Gasteiger partial charge in [0.15, 0.2) is 0 Å². The van der Waals surface area contributed by atoms with Gasteiger partial charge in [0.2, 0.25) is 0 Å². The van der Waals surface area contributed by atoms with Gasteiger partial charge in [0, 0.05) is 62.5 Å². The van der Waals surface area contributed by atoms with Crippen LogP contribution >= 0.6 is 0 Å². The highest BCUT2D eigenvalue weighted by Crippen LogP contribution is 2.36. The number of rotatable bonds is 5. The third-order valence-corrected chi connectivity index (χ3v) is 6.07. The molecule has 1 aliphatic rings. The van der Waals surface area contributed by atoms with Crippen LogP contribution in [0.5, 0.6) is 0 Å². The quantitative estimate of drug-likeness (QED) is 0.530. The second-order valence-corrected chi connectivity index (χ2v) is 9.27. The average Bonchev–Trinajstić information content (AvgIpc) is 3.06. The van der Waals surface area contributed by atoms with Gasteiger partial charge in [-0.3, -0.25) is 4.79 Å². The van der Waals surface area contributed by atoms with E-state index in [2.05, 4.69) is 10.3 Å². The Labute approximate surface area is 208 Å². The van der Waals surface area contributed by atoms with Gasteiger partial charge in [0.1, 0.15) is 17.5 Å². The van der Waals surface area contributed by atoms with Crippen molar-refractivity contribution >= 4 is 23.2 Å².